The van der Waals surface area contributed by atoms with Crippen LogP contribution in [-0.4, -0.2) is 19.2 Å². The highest BCUT2D eigenvalue weighted by molar-refractivity contribution is 5.24. The van der Waals surface area contributed by atoms with Crippen LogP contribution in [0.2, 0.25) is 0 Å². The van der Waals surface area contributed by atoms with Crippen LogP contribution in [-0.2, 0) is 11.3 Å². The molecule has 2 heteroatoms. The quantitative estimate of drug-likeness (QED) is 0.863. The molecular weight excluding hydrogens is 210 g/mol. The van der Waals surface area contributed by atoms with Gasteiger partial charge in [-0.1, -0.05) is 38.1 Å². The average Bonchev–Trinajstić information content (AvgIpc) is 2.38. The van der Waals surface area contributed by atoms with Gasteiger partial charge in [-0.3, -0.25) is 0 Å². The molecule has 1 heterocycles. The molecule has 0 unspecified atom stereocenters. The Morgan fingerprint density at radius 2 is 2.06 bits per heavy atom. The zero-order valence-electron chi connectivity index (χ0n) is 10.9. The fourth-order valence-electron chi connectivity index (χ4n) is 2.17. The van der Waals surface area contributed by atoms with Crippen LogP contribution in [0.5, 0.6) is 0 Å². The van der Waals surface area contributed by atoms with Gasteiger partial charge in [0.25, 0.3) is 0 Å². The van der Waals surface area contributed by atoms with E-state index in [9.17, 15) is 0 Å². The summed E-state index contributed by atoms with van der Waals surface area (Å²) >= 11 is 0. The van der Waals surface area contributed by atoms with Crippen molar-refractivity contribution in [1.82, 2.24) is 5.32 Å². The van der Waals surface area contributed by atoms with Gasteiger partial charge in [0.05, 0.1) is 12.7 Å². The summed E-state index contributed by atoms with van der Waals surface area (Å²) in [5, 5.41) is 3.37. The van der Waals surface area contributed by atoms with Gasteiger partial charge in [0, 0.05) is 6.54 Å². The van der Waals surface area contributed by atoms with Gasteiger partial charge in [-0.05, 0) is 36.4 Å². The van der Waals surface area contributed by atoms with Crippen LogP contribution in [0.15, 0.2) is 24.3 Å². The van der Waals surface area contributed by atoms with E-state index >= 15 is 0 Å². The molecule has 17 heavy (non-hydrogen) atoms. The van der Waals surface area contributed by atoms with E-state index in [1.54, 1.807) is 0 Å². The van der Waals surface area contributed by atoms with Crippen molar-refractivity contribution >= 4 is 0 Å². The summed E-state index contributed by atoms with van der Waals surface area (Å²) in [5.74, 6) is 0.604. The van der Waals surface area contributed by atoms with E-state index in [4.69, 9.17) is 4.74 Å². The van der Waals surface area contributed by atoms with Crippen LogP contribution in [0.4, 0.5) is 0 Å². The predicted octanol–water partition coefficient (Wildman–Crippen LogP) is 3.08. The lowest BCUT2D eigenvalue weighted by atomic mass is 10.0. The van der Waals surface area contributed by atoms with Gasteiger partial charge < -0.3 is 10.1 Å². The van der Waals surface area contributed by atoms with Gasteiger partial charge in [0.2, 0.25) is 0 Å². The Balaban J connectivity index is 1.82. The molecule has 0 aromatic heterocycles. The van der Waals surface area contributed by atoms with Gasteiger partial charge in [-0.15, -0.1) is 0 Å². The van der Waals surface area contributed by atoms with Crippen molar-refractivity contribution in [2.45, 2.75) is 45.3 Å². The highest BCUT2D eigenvalue weighted by Gasteiger charge is 2.12. The molecule has 1 atom stereocenters. The molecule has 1 aliphatic rings. The van der Waals surface area contributed by atoms with Crippen molar-refractivity contribution in [3.8, 4) is 0 Å². The van der Waals surface area contributed by atoms with Crippen molar-refractivity contribution in [1.29, 1.82) is 0 Å². The normalized spacial score (nSPS) is 20.8. The van der Waals surface area contributed by atoms with Crippen molar-refractivity contribution in [3.05, 3.63) is 35.4 Å². The lowest BCUT2D eigenvalue weighted by Gasteiger charge is -2.23. The van der Waals surface area contributed by atoms with E-state index in [0.717, 1.165) is 19.7 Å². The number of hydrogen-bond acceptors (Lipinski definition) is 2. The summed E-state index contributed by atoms with van der Waals surface area (Å²) in [5.41, 5.74) is 2.67. The lowest BCUT2D eigenvalue weighted by molar-refractivity contribution is 0.0253. The van der Waals surface area contributed by atoms with Gasteiger partial charge >= 0.3 is 0 Å². The monoisotopic (exact) mass is 233 g/mol. The number of rotatable bonds is 4. The maximum atomic E-state index is 5.91. The van der Waals surface area contributed by atoms with Gasteiger partial charge in [0.15, 0.2) is 0 Å². The topological polar surface area (TPSA) is 21.3 Å². The molecule has 1 aromatic rings. The third kappa shape index (κ3) is 3.83. The van der Waals surface area contributed by atoms with E-state index in [1.165, 1.54) is 24.0 Å². The summed E-state index contributed by atoms with van der Waals surface area (Å²) in [7, 11) is 0. The first-order chi connectivity index (χ1) is 8.25. The Kier molecular flexibility index (Phi) is 4.57. The standard InChI is InChI=1S/C15H23NO/c1-12(2)14-7-5-13(6-8-14)11-17-15-4-3-9-16-10-15/h5-8,12,15-16H,3-4,9-11H2,1-2H3/t15-/m1/s1. The van der Waals surface area contributed by atoms with E-state index in [0.29, 0.717) is 12.0 Å². The van der Waals surface area contributed by atoms with Gasteiger partial charge in [0.1, 0.15) is 0 Å². The van der Waals surface area contributed by atoms with Gasteiger partial charge in [-0.25, -0.2) is 0 Å². The van der Waals surface area contributed by atoms with Gasteiger partial charge in [-0.2, -0.15) is 0 Å². The number of piperidine rings is 1. The zero-order chi connectivity index (χ0) is 12.1. The summed E-state index contributed by atoms with van der Waals surface area (Å²) in [6.45, 7) is 7.33. The smallest absolute Gasteiger partial charge is 0.0721 e. The Labute approximate surface area is 104 Å². The molecule has 0 spiro atoms. The molecule has 1 fully saturated rings. The zero-order valence-corrected chi connectivity index (χ0v) is 10.9. The van der Waals surface area contributed by atoms with Crippen molar-refractivity contribution in [2.24, 2.45) is 0 Å². The van der Waals surface area contributed by atoms with Crippen LogP contribution in [0, 0.1) is 0 Å². The largest absolute Gasteiger partial charge is 0.372 e. The molecule has 0 saturated carbocycles. The molecule has 0 amide bonds. The number of hydrogen-bond donors (Lipinski definition) is 1. The SMILES string of the molecule is CC(C)c1ccc(CO[C@@H]2CCCNC2)cc1. The van der Waals surface area contributed by atoms with Crippen LogP contribution in [0.1, 0.15) is 43.7 Å². The second kappa shape index (κ2) is 6.18. The molecule has 0 radical (unpaired) electrons. The van der Waals surface area contributed by atoms with Crippen LogP contribution < -0.4 is 5.32 Å². The molecule has 2 rings (SSSR count). The summed E-state index contributed by atoms with van der Waals surface area (Å²) in [6, 6.07) is 8.79. The molecule has 2 nitrogen and oxygen atoms in total. The minimum absolute atomic E-state index is 0.397. The molecular formula is C15H23NO. The maximum Gasteiger partial charge on any atom is 0.0721 e. The first-order valence-electron chi connectivity index (χ1n) is 6.67. The molecule has 1 saturated heterocycles. The minimum Gasteiger partial charge on any atom is -0.372 e. The first kappa shape index (κ1) is 12.6. The van der Waals surface area contributed by atoms with E-state index in [1.807, 2.05) is 0 Å². The second-order valence-electron chi connectivity index (χ2n) is 5.18. The molecule has 1 aromatic carbocycles. The van der Waals surface area contributed by atoms with Crippen molar-refractivity contribution in [2.75, 3.05) is 13.1 Å². The Bertz CT molecular complexity index is 325. The highest BCUT2D eigenvalue weighted by Crippen LogP contribution is 2.16. The second-order valence-corrected chi connectivity index (χ2v) is 5.18. The molecule has 0 bridgehead atoms. The molecule has 1 N–H and O–H groups in total. The third-order valence-electron chi connectivity index (χ3n) is 3.38. The third-order valence-corrected chi connectivity index (χ3v) is 3.38. The summed E-state index contributed by atoms with van der Waals surface area (Å²) in [4.78, 5) is 0. The minimum atomic E-state index is 0.397. The Hall–Kier alpha value is -0.860. The molecule has 94 valence electrons. The molecule has 1 aliphatic heterocycles. The van der Waals surface area contributed by atoms with Crippen LogP contribution in [0.3, 0.4) is 0 Å². The predicted molar refractivity (Wildman–Crippen MR) is 71.2 cm³/mol. The van der Waals surface area contributed by atoms with Crippen molar-refractivity contribution in [3.63, 3.8) is 0 Å². The first-order valence-corrected chi connectivity index (χ1v) is 6.67. The maximum absolute atomic E-state index is 5.91. The number of nitrogens with one attached hydrogen (secondary N) is 1. The Morgan fingerprint density at radius 3 is 2.65 bits per heavy atom. The van der Waals surface area contributed by atoms with E-state index in [-0.39, 0.29) is 0 Å². The molecule has 0 aliphatic carbocycles. The fourth-order valence-corrected chi connectivity index (χ4v) is 2.17. The summed E-state index contributed by atoms with van der Waals surface area (Å²) < 4.78 is 5.91. The Morgan fingerprint density at radius 1 is 1.29 bits per heavy atom. The van der Waals surface area contributed by atoms with E-state index < -0.39 is 0 Å². The number of benzene rings is 1. The fraction of sp³-hybridized carbons (Fsp3) is 0.600. The van der Waals surface area contributed by atoms with E-state index in [2.05, 4.69) is 43.4 Å². The lowest BCUT2D eigenvalue weighted by Crippen LogP contribution is -2.35. The average molecular weight is 233 g/mol. The van der Waals surface area contributed by atoms with Crippen molar-refractivity contribution < 1.29 is 4.74 Å². The van der Waals surface area contributed by atoms with Crippen LogP contribution in [0.25, 0.3) is 0 Å². The van der Waals surface area contributed by atoms with Crippen LogP contribution >= 0.6 is 0 Å². The summed E-state index contributed by atoms with van der Waals surface area (Å²) in [6.07, 6.45) is 2.82. The highest BCUT2D eigenvalue weighted by atomic mass is 16.5. The number of ether oxygens (including phenoxy) is 1.